The number of ether oxygens (including phenoxy) is 3. The van der Waals surface area contributed by atoms with Gasteiger partial charge in [-0.25, -0.2) is 0 Å². The molecule has 0 heterocycles. The molecule has 4 aromatic carbocycles. The first kappa shape index (κ1) is 27.2. The van der Waals surface area contributed by atoms with E-state index in [0.717, 1.165) is 16.9 Å². The van der Waals surface area contributed by atoms with Gasteiger partial charge in [-0.05, 0) is 65.8 Å². The van der Waals surface area contributed by atoms with Gasteiger partial charge in [-0.1, -0.05) is 66.7 Å². The highest BCUT2D eigenvalue weighted by Gasteiger charge is 2.10. The molecule has 0 spiro atoms. The Morgan fingerprint density at radius 3 is 1.92 bits per heavy atom. The molecule has 0 aromatic heterocycles. The molecule has 3 N–H and O–H groups in total. The predicted molar refractivity (Wildman–Crippen MR) is 153 cm³/mol. The summed E-state index contributed by atoms with van der Waals surface area (Å²) in [5.74, 6) is 0.899. The summed E-state index contributed by atoms with van der Waals surface area (Å²) in [4.78, 5) is 24.7. The zero-order valence-electron chi connectivity index (χ0n) is 21.0. The summed E-state index contributed by atoms with van der Waals surface area (Å²) in [6, 6.07) is 33.5. The van der Waals surface area contributed by atoms with Crippen LogP contribution in [0.25, 0.3) is 11.1 Å². The first-order valence-electron chi connectivity index (χ1n) is 12.2. The Labute approximate surface area is 231 Å². The number of amides is 2. The van der Waals surface area contributed by atoms with Crippen LogP contribution in [0.3, 0.4) is 0 Å². The molecule has 0 unspecified atom stereocenters. The van der Waals surface area contributed by atoms with Crippen molar-refractivity contribution in [1.29, 1.82) is 0 Å². The quantitative estimate of drug-likeness (QED) is 0.154. The van der Waals surface area contributed by atoms with Gasteiger partial charge in [0.05, 0.1) is 0 Å². The molecule has 0 fully saturated rings. The van der Waals surface area contributed by atoms with E-state index in [1.165, 1.54) is 0 Å². The first-order valence-corrected chi connectivity index (χ1v) is 12.6. The fraction of sp³-hybridized carbons (Fsp3) is 0.100. The number of hydrogen-bond donors (Lipinski definition) is 3. The van der Waals surface area contributed by atoms with E-state index in [1.807, 2.05) is 72.8 Å². The van der Waals surface area contributed by atoms with Crippen LogP contribution < -0.4 is 30.4 Å². The Bertz CT molecular complexity index is 1380. The zero-order valence-corrected chi connectivity index (χ0v) is 21.8. The van der Waals surface area contributed by atoms with Gasteiger partial charge in [-0.15, -0.1) is 0 Å². The van der Waals surface area contributed by atoms with E-state index < -0.39 is 11.8 Å². The maximum Gasteiger partial charge on any atom is 0.276 e. The molecule has 0 saturated heterocycles. The minimum Gasteiger partial charge on any atom is -0.490 e. The van der Waals surface area contributed by atoms with Crippen molar-refractivity contribution < 1.29 is 23.8 Å². The lowest BCUT2D eigenvalue weighted by atomic mass is 10.1. The fourth-order valence-electron chi connectivity index (χ4n) is 3.46. The van der Waals surface area contributed by atoms with Gasteiger partial charge < -0.3 is 14.2 Å². The highest BCUT2D eigenvalue weighted by molar-refractivity contribution is 7.80. The van der Waals surface area contributed by atoms with E-state index in [4.69, 9.17) is 26.4 Å². The Hall–Kier alpha value is -4.89. The number of hydrogen-bond acceptors (Lipinski definition) is 6. The van der Waals surface area contributed by atoms with Crippen LogP contribution in [0.15, 0.2) is 109 Å². The molecule has 198 valence electrons. The van der Waals surface area contributed by atoms with Crippen molar-refractivity contribution in [3.8, 4) is 28.4 Å². The second kappa shape index (κ2) is 14.2. The van der Waals surface area contributed by atoms with Gasteiger partial charge in [0.1, 0.15) is 30.5 Å². The molecule has 0 aliphatic carbocycles. The van der Waals surface area contributed by atoms with Crippen LogP contribution in [0.4, 0.5) is 0 Å². The largest absolute Gasteiger partial charge is 0.490 e. The van der Waals surface area contributed by atoms with Crippen molar-refractivity contribution in [2.75, 3.05) is 19.8 Å². The van der Waals surface area contributed by atoms with Crippen LogP contribution in [-0.4, -0.2) is 36.7 Å². The van der Waals surface area contributed by atoms with Crippen molar-refractivity contribution >= 4 is 29.1 Å². The molecule has 8 nitrogen and oxygen atoms in total. The fourth-order valence-corrected chi connectivity index (χ4v) is 3.60. The summed E-state index contributed by atoms with van der Waals surface area (Å²) in [7, 11) is 0. The average molecular weight is 542 g/mol. The van der Waals surface area contributed by atoms with E-state index >= 15 is 0 Å². The minimum atomic E-state index is -0.466. The second-order valence-electron chi connectivity index (χ2n) is 8.17. The molecule has 0 aliphatic rings. The van der Waals surface area contributed by atoms with Crippen LogP contribution in [0.1, 0.15) is 10.4 Å². The summed E-state index contributed by atoms with van der Waals surface area (Å²) < 4.78 is 16.8. The smallest absolute Gasteiger partial charge is 0.276 e. The van der Waals surface area contributed by atoms with Crippen LogP contribution in [0.2, 0.25) is 0 Å². The zero-order chi connectivity index (χ0) is 27.3. The number of benzene rings is 4. The van der Waals surface area contributed by atoms with Crippen molar-refractivity contribution in [1.82, 2.24) is 16.2 Å². The molecule has 39 heavy (non-hydrogen) atoms. The number of carbonyl (C=O) groups excluding carboxylic acids is 2. The van der Waals surface area contributed by atoms with Crippen molar-refractivity contribution in [3.05, 3.63) is 115 Å². The molecule has 0 atom stereocenters. The molecular formula is C30H27N3O5S. The Balaban J connectivity index is 1.15. The van der Waals surface area contributed by atoms with Gasteiger partial charge in [0.2, 0.25) is 0 Å². The molecule has 0 saturated carbocycles. The van der Waals surface area contributed by atoms with Crippen LogP contribution in [0.5, 0.6) is 17.2 Å². The molecular weight excluding hydrogens is 514 g/mol. The summed E-state index contributed by atoms with van der Waals surface area (Å²) in [5.41, 5.74) is 7.37. The van der Waals surface area contributed by atoms with Gasteiger partial charge in [0.25, 0.3) is 11.8 Å². The topological polar surface area (TPSA) is 97.9 Å². The average Bonchev–Trinajstić information content (AvgIpc) is 2.98. The monoisotopic (exact) mass is 541 g/mol. The standard InChI is InChI=1S/C30H27N3O5S/c34-28(21-38-26-16-14-23(15-17-26)22-8-3-1-4-9-22)32-33-30(39)31-29(35)24-10-7-13-27(20-24)37-19-18-36-25-11-5-2-6-12-25/h1-17,20H,18-19,21H2,(H,32,34)(H2,31,33,35,39). The van der Waals surface area contributed by atoms with Gasteiger partial charge in [-0.3, -0.25) is 25.8 Å². The summed E-state index contributed by atoms with van der Waals surface area (Å²) in [6.45, 7) is 0.434. The molecule has 9 heteroatoms. The maximum absolute atomic E-state index is 12.6. The van der Waals surface area contributed by atoms with Crippen molar-refractivity contribution in [3.63, 3.8) is 0 Å². The summed E-state index contributed by atoms with van der Waals surface area (Å²) in [6.07, 6.45) is 0. The molecule has 0 radical (unpaired) electrons. The number of para-hydroxylation sites is 1. The third-order valence-corrected chi connectivity index (χ3v) is 5.54. The lowest BCUT2D eigenvalue weighted by Crippen LogP contribution is -2.49. The van der Waals surface area contributed by atoms with E-state index in [0.29, 0.717) is 30.3 Å². The minimum absolute atomic E-state index is 0.0665. The predicted octanol–water partition coefficient (Wildman–Crippen LogP) is 4.53. The maximum atomic E-state index is 12.6. The SMILES string of the molecule is O=C(COc1ccc(-c2ccccc2)cc1)NNC(=S)NC(=O)c1cccc(OCCOc2ccccc2)c1. The summed E-state index contributed by atoms with van der Waals surface area (Å²) in [5, 5.41) is 2.44. The van der Waals surface area contributed by atoms with E-state index in [-0.39, 0.29) is 11.7 Å². The number of thiocarbonyl (C=S) groups is 1. The van der Waals surface area contributed by atoms with E-state index in [1.54, 1.807) is 36.4 Å². The van der Waals surface area contributed by atoms with Crippen molar-refractivity contribution in [2.45, 2.75) is 0 Å². The van der Waals surface area contributed by atoms with Crippen LogP contribution >= 0.6 is 12.2 Å². The first-order chi connectivity index (χ1) is 19.1. The number of hydrazine groups is 1. The lowest BCUT2D eigenvalue weighted by molar-refractivity contribution is -0.123. The van der Waals surface area contributed by atoms with Crippen LogP contribution in [0, 0.1) is 0 Å². The third-order valence-electron chi connectivity index (χ3n) is 5.33. The Kier molecular flexibility index (Phi) is 9.85. The summed E-state index contributed by atoms with van der Waals surface area (Å²) >= 11 is 5.11. The van der Waals surface area contributed by atoms with Gasteiger partial charge >= 0.3 is 0 Å². The third kappa shape index (κ3) is 8.87. The molecule has 2 amide bonds. The van der Waals surface area contributed by atoms with Gasteiger partial charge in [-0.2, -0.15) is 0 Å². The normalized spacial score (nSPS) is 10.2. The molecule has 4 rings (SSSR count). The van der Waals surface area contributed by atoms with Gasteiger partial charge in [0.15, 0.2) is 11.7 Å². The second-order valence-corrected chi connectivity index (χ2v) is 8.58. The molecule has 4 aromatic rings. The molecule has 0 aliphatic heterocycles. The Morgan fingerprint density at radius 2 is 1.21 bits per heavy atom. The van der Waals surface area contributed by atoms with Gasteiger partial charge in [0, 0.05) is 5.56 Å². The number of carbonyl (C=O) groups is 2. The number of rotatable bonds is 10. The van der Waals surface area contributed by atoms with Crippen LogP contribution in [-0.2, 0) is 4.79 Å². The Morgan fingerprint density at radius 1 is 0.615 bits per heavy atom. The van der Waals surface area contributed by atoms with E-state index in [9.17, 15) is 9.59 Å². The highest BCUT2D eigenvalue weighted by Crippen LogP contribution is 2.22. The van der Waals surface area contributed by atoms with Crippen molar-refractivity contribution in [2.24, 2.45) is 0 Å². The molecule has 0 bridgehead atoms. The van der Waals surface area contributed by atoms with E-state index in [2.05, 4.69) is 16.2 Å². The lowest BCUT2D eigenvalue weighted by Gasteiger charge is -2.12. The number of nitrogens with one attached hydrogen (secondary N) is 3. The highest BCUT2D eigenvalue weighted by atomic mass is 32.1.